The van der Waals surface area contributed by atoms with E-state index in [1.807, 2.05) is 42.5 Å². The Kier molecular flexibility index (Phi) is 4.41. The molecule has 0 unspecified atom stereocenters. The van der Waals surface area contributed by atoms with Crippen LogP contribution in [0.3, 0.4) is 0 Å². The molecule has 0 bridgehead atoms. The Labute approximate surface area is 134 Å². The first-order chi connectivity index (χ1) is 10.8. The van der Waals surface area contributed by atoms with Crippen LogP contribution in [0.15, 0.2) is 54.6 Å². The van der Waals surface area contributed by atoms with Gasteiger partial charge in [0.15, 0.2) is 0 Å². The SMILES string of the molecule is CCC[C@@H](Oc1cccc2cc(C#N)sc12)c1ccccc1. The van der Waals surface area contributed by atoms with Crippen molar-refractivity contribution in [1.29, 1.82) is 5.26 Å². The fourth-order valence-corrected chi connectivity index (χ4v) is 3.47. The fraction of sp³-hybridized carbons (Fsp3) is 0.211. The number of ether oxygens (including phenoxy) is 1. The van der Waals surface area contributed by atoms with Crippen LogP contribution in [0.25, 0.3) is 10.1 Å². The van der Waals surface area contributed by atoms with Gasteiger partial charge in [-0.05, 0) is 29.5 Å². The van der Waals surface area contributed by atoms with E-state index >= 15 is 0 Å². The van der Waals surface area contributed by atoms with Crippen LogP contribution in [0.2, 0.25) is 0 Å². The van der Waals surface area contributed by atoms with Crippen molar-refractivity contribution in [3.05, 3.63) is 65.0 Å². The Bertz CT molecular complexity index is 801. The third-order valence-electron chi connectivity index (χ3n) is 3.61. The van der Waals surface area contributed by atoms with Crippen LogP contribution in [-0.4, -0.2) is 0 Å². The van der Waals surface area contributed by atoms with Crippen molar-refractivity contribution in [2.24, 2.45) is 0 Å². The van der Waals surface area contributed by atoms with Crippen molar-refractivity contribution in [1.82, 2.24) is 0 Å². The highest BCUT2D eigenvalue weighted by Gasteiger charge is 2.15. The molecule has 0 N–H and O–H groups in total. The summed E-state index contributed by atoms with van der Waals surface area (Å²) in [6, 6.07) is 20.5. The molecular formula is C19H17NOS. The Morgan fingerprint density at radius 2 is 1.95 bits per heavy atom. The van der Waals surface area contributed by atoms with Gasteiger partial charge in [-0.15, -0.1) is 11.3 Å². The molecule has 0 amide bonds. The maximum Gasteiger partial charge on any atom is 0.138 e. The van der Waals surface area contributed by atoms with Crippen molar-refractivity contribution < 1.29 is 4.74 Å². The predicted molar refractivity (Wildman–Crippen MR) is 91.3 cm³/mol. The van der Waals surface area contributed by atoms with Crippen LogP contribution >= 0.6 is 11.3 Å². The molecular weight excluding hydrogens is 290 g/mol. The van der Waals surface area contributed by atoms with E-state index in [2.05, 4.69) is 25.1 Å². The second-order valence-electron chi connectivity index (χ2n) is 5.20. The van der Waals surface area contributed by atoms with Crippen molar-refractivity contribution in [3.8, 4) is 11.8 Å². The van der Waals surface area contributed by atoms with Gasteiger partial charge >= 0.3 is 0 Å². The molecule has 3 aromatic rings. The van der Waals surface area contributed by atoms with Gasteiger partial charge in [0.1, 0.15) is 22.8 Å². The molecule has 0 saturated carbocycles. The minimum absolute atomic E-state index is 0.0458. The first kappa shape index (κ1) is 14.6. The molecule has 1 heterocycles. The number of benzene rings is 2. The Balaban J connectivity index is 1.96. The lowest BCUT2D eigenvalue weighted by molar-refractivity contribution is 0.197. The third-order valence-corrected chi connectivity index (χ3v) is 4.68. The number of thiophene rings is 1. The summed E-state index contributed by atoms with van der Waals surface area (Å²) in [5, 5.41) is 10.2. The Morgan fingerprint density at radius 3 is 2.68 bits per heavy atom. The van der Waals surface area contributed by atoms with E-state index in [1.54, 1.807) is 0 Å². The molecule has 0 saturated heterocycles. The van der Waals surface area contributed by atoms with Gasteiger partial charge in [-0.2, -0.15) is 5.26 Å². The number of rotatable bonds is 5. The van der Waals surface area contributed by atoms with Crippen LogP contribution in [0, 0.1) is 11.3 Å². The van der Waals surface area contributed by atoms with Gasteiger partial charge in [0.05, 0.1) is 4.70 Å². The summed E-state index contributed by atoms with van der Waals surface area (Å²) < 4.78 is 7.36. The van der Waals surface area contributed by atoms with Gasteiger partial charge in [-0.3, -0.25) is 0 Å². The molecule has 0 aliphatic rings. The van der Waals surface area contributed by atoms with Crippen molar-refractivity contribution in [3.63, 3.8) is 0 Å². The van der Waals surface area contributed by atoms with E-state index in [9.17, 15) is 0 Å². The van der Waals surface area contributed by atoms with E-state index in [4.69, 9.17) is 10.00 Å². The molecule has 0 aliphatic carbocycles. The highest BCUT2D eigenvalue weighted by atomic mass is 32.1. The van der Waals surface area contributed by atoms with Crippen LogP contribution < -0.4 is 4.74 Å². The van der Waals surface area contributed by atoms with E-state index < -0.39 is 0 Å². The lowest BCUT2D eigenvalue weighted by atomic mass is 10.1. The quantitative estimate of drug-likeness (QED) is 0.606. The van der Waals surface area contributed by atoms with Crippen LogP contribution in [0.5, 0.6) is 5.75 Å². The topological polar surface area (TPSA) is 33.0 Å². The monoisotopic (exact) mass is 307 g/mol. The van der Waals surface area contributed by atoms with Crippen LogP contribution in [-0.2, 0) is 0 Å². The van der Waals surface area contributed by atoms with Gasteiger partial charge in [0, 0.05) is 0 Å². The highest BCUT2D eigenvalue weighted by Crippen LogP contribution is 2.36. The molecule has 2 aromatic carbocycles. The molecule has 3 heteroatoms. The minimum Gasteiger partial charge on any atom is -0.484 e. The molecule has 110 valence electrons. The van der Waals surface area contributed by atoms with Gasteiger partial charge < -0.3 is 4.74 Å². The predicted octanol–water partition coefficient (Wildman–Crippen LogP) is 5.69. The van der Waals surface area contributed by atoms with Crippen molar-refractivity contribution >= 4 is 21.4 Å². The third kappa shape index (κ3) is 2.98. The van der Waals surface area contributed by atoms with E-state index in [1.165, 1.54) is 16.9 Å². The van der Waals surface area contributed by atoms with Gasteiger partial charge in [0.25, 0.3) is 0 Å². The second-order valence-corrected chi connectivity index (χ2v) is 6.26. The Morgan fingerprint density at radius 1 is 1.14 bits per heavy atom. The summed E-state index contributed by atoms with van der Waals surface area (Å²) in [5.41, 5.74) is 1.19. The molecule has 0 fully saturated rings. The molecule has 0 radical (unpaired) electrons. The Hall–Kier alpha value is -2.31. The number of hydrogen-bond acceptors (Lipinski definition) is 3. The number of hydrogen-bond donors (Lipinski definition) is 0. The average Bonchev–Trinajstić information content (AvgIpc) is 2.99. The summed E-state index contributed by atoms with van der Waals surface area (Å²) in [4.78, 5) is 0.720. The molecule has 1 aromatic heterocycles. The fourth-order valence-electron chi connectivity index (χ4n) is 2.56. The van der Waals surface area contributed by atoms with Crippen LogP contribution in [0.4, 0.5) is 0 Å². The molecule has 1 atom stereocenters. The smallest absolute Gasteiger partial charge is 0.138 e. The number of fused-ring (bicyclic) bond motifs is 1. The van der Waals surface area contributed by atoms with E-state index in [0.717, 1.165) is 33.6 Å². The van der Waals surface area contributed by atoms with Crippen molar-refractivity contribution in [2.75, 3.05) is 0 Å². The molecule has 0 aliphatic heterocycles. The zero-order valence-electron chi connectivity index (χ0n) is 12.5. The number of nitrogens with zero attached hydrogens (tertiary/aromatic N) is 1. The maximum atomic E-state index is 9.09. The summed E-state index contributed by atoms with van der Waals surface area (Å²) in [5.74, 6) is 0.867. The first-order valence-corrected chi connectivity index (χ1v) is 8.27. The summed E-state index contributed by atoms with van der Waals surface area (Å²) in [6.45, 7) is 2.17. The standard InChI is InChI=1S/C19H17NOS/c1-2-7-17(14-8-4-3-5-9-14)21-18-11-6-10-15-12-16(13-20)22-19(15)18/h3-6,8-12,17H,2,7H2,1H3/t17-/m1/s1. The van der Waals surface area contributed by atoms with Crippen LogP contribution in [0.1, 0.15) is 36.3 Å². The zero-order chi connectivity index (χ0) is 15.4. The largest absolute Gasteiger partial charge is 0.484 e. The van der Waals surface area contributed by atoms with E-state index in [-0.39, 0.29) is 6.10 Å². The first-order valence-electron chi connectivity index (χ1n) is 7.46. The minimum atomic E-state index is 0.0458. The molecule has 22 heavy (non-hydrogen) atoms. The zero-order valence-corrected chi connectivity index (χ0v) is 13.3. The average molecular weight is 307 g/mol. The van der Waals surface area contributed by atoms with Gasteiger partial charge in [-0.1, -0.05) is 55.8 Å². The maximum absolute atomic E-state index is 9.09. The van der Waals surface area contributed by atoms with E-state index in [0.29, 0.717) is 0 Å². The van der Waals surface area contributed by atoms with Crippen molar-refractivity contribution in [2.45, 2.75) is 25.9 Å². The summed E-state index contributed by atoms with van der Waals surface area (Å²) in [7, 11) is 0. The lowest BCUT2D eigenvalue weighted by Crippen LogP contribution is -2.07. The van der Waals surface area contributed by atoms with Gasteiger partial charge in [0.2, 0.25) is 0 Å². The highest BCUT2D eigenvalue weighted by molar-refractivity contribution is 7.19. The molecule has 3 rings (SSSR count). The number of nitriles is 1. The lowest BCUT2D eigenvalue weighted by Gasteiger charge is -2.19. The second kappa shape index (κ2) is 6.64. The summed E-state index contributed by atoms with van der Waals surface area (Å²) >= 11 is 1.49. The summed E-state index contributed by atoms with van der Waals surface area (Å²) in [6.07, 6.45) is 2.07. The van der Waals surface area contributed by atoms with Gasteiger partial charge in [-0.25, -0.2) is 0 Å². The normalized spacial score (nSPS) is 12.0. The molecule has 0 spiro atoms. The molecule has 2 nitrogen and oxygen atoms in total.